The first-order valence-electron chi connectivity index (χ1n) is 11.1. The highest BCUT2D eigenvalue weighted by Gasteiger charge is 2.36. The third-order valence-corrected chi connectivity index (χ3v) is 6.59. The molecule has 4 heterocycles. The van der Waals surface area contributed by atoms with Crippen molar-refractivity contribution < 1.29 is 0 Å². The van der Waals surface area contributed by atoms with Crippen molar-refractivity contribution >= 4 is 59.3 Å². The number of allylic oxidation sites excluding steroid dienone is 1. The molecule has 0 bridgehead atoms. The molecule has 1 saturated heterocycles. The number of benzene rings is 1. The lowest BCUT2D eigenvalue weighted by atomic mass is 10.1. The van der Waals surface area contributed by atoms with Gasteiger partial charge in [0.05, 0.1) is 23.1 Å². The molecule has 0 spiro atoms. The number of nitrogens with two attached hydrogens (primary N) is 1. The lowest BCUT2D eigenvalue weighted by Gasteiger charge is -2.30. The van der Waals surface area contributed by atoms with E-state index in [0.717, 1.165) is 52.7 Å². The predicted octanol–water partition coefficient (Wildman–Crippen LogP) is 5.54. The molecule has 0 saturated carbocycles. The lowest BCUT2D eigenvalue weighted by Crippen LogP contribution is -2.29. The monoisotopic (exact) mass is 519 g/mol. The molecule has 3 aromatic rings. The van der Waals surface area contributed by atoms with Crippen molar-refractivity contribution in [3.63, 3.8) is 0 Å². The van der Waals surface area contributed by atoms with Gasteiger partial charge >= 0.3 is 0 Å². The van der Waals surface area contributed by atoms with Crippen LogP contribution in [0.3, 0.4) is 0 Å². The van der Waals surface area contributed by atoms with Crippen molar-refractivity contribution in [3.05, 3.63) is 76.4 Å². The Hall–Kier alpha value is -3.95. The Morgan fingerprint density at radius 1 is 1.28 bits per heavy atom. The summed E-state index contributed by atoms with van der Waals surface area (Å²) in [7, 11) is 1.87. The molecule has 3 N–H and O–H groups in total. The number of amidine groups is 1. The van der Waals surface area contributed by atoms with Gasteiger partial charge in [0.1, 0.15) is 23.8 Å². The molecular formula is C25H23Cl2N9. The number of aromatic amines is 1. The molecule has 0 aliphatic carbocycles. The van der Waals surface area contributed by atoms with Gasteiger partial charge < -0.3 is 20.5 Å². The van der Waals surface area contributed by atoms with E-state index in [4.69, 9.17) is 33.9 Å². The van der Waals surface area contributed by atoms with Gasteiger partial charge in [-0.15, -0.1) is 5.10 Å². The molecule has 0 radical (unpaired) electrons. The Kier molecular flexibility index (Phi) is 6.34. The second kappa shape index (κ2) is 9.60. The number of pyridine rings is 1. The maximum atomic E-state index is 6.49. The SMILES string of the molecule is C=N/N=C\N(C)c1ccc(Cl)cc1C1=CC(=C)N2C(=N1)CCC2c1nc(Cl)c(-c2ccc(N)nc2)[nH]1. The molecule has 36 heavy (non-hydrogen) atoms. The molecule has 2 aliphatic rings. The van der Waals surface area contributed by atoms with Crippen LogP contribution < -0.4 is 10.6 Å². The Balaban J connectivity index is 1.46. The number of hydrogen-bond acceptors (Lipinski definition) is 7. The minimum absolute atomic E-state index is 0.0747. The van der Waals surface area contributed by atoms with E-state index in [9.17, 15) is 0 Å². The highest BCUT2D eigenvalue weighted by Crippen LogP contribution is 2.42. The topological polar surface area (TPSA) is 111 Å². The Bertz CT molecular complexity index is 1440. The molecule has 1 aromatic carbocycles. The summed E-state index contributed by atoms with van der Waals surface area (Å²) in [5.41, 5.74) is 10.5. The number of hydrogen-bond donors (Lipinski definition) is 2. The van der Waals surface area contributed by atoms with Gasteiger partial charge in [0.25, 0.3) is 0 Å². The van der Waals surface area contributed by atoms with E-state index < -0.39 is 0 Å². The van der Waals surface area contributed by atoms with Crippen LogP contribution in [-0.2, 0) is 0 Å². The molecular weight excluding hydrogens is 497 g/mol. The number of halogens is 2. The minimum Gasteiger partial charge on any atom is -0.384 e. The number of rotatable bonds is 6. The van der Waals surface area contributed by atoms with E-state index in [0.29, 0.717) is 21.7 Å². The number of fused-ring (bicyclic) bond motifs is 1. The lowest BCUT2D eigenvalue weighted by molar-refractivity contribution is 0.408. The molecule has 1 fully saturated rings. The zero-order valence-corrected chi connectivity index (χ0v) is 21.0. The van der Waals surface area contributed by atoms with E-state index in [1.807, 2.05) is 42.3 Å². The van der Waals surface area contributed by atoms with Crippen molar-refractivity contribution in [3.8, 4) is 11.3 Å². The van der Waals surface area contributed by atoms with Gasteiger partial charge in [0.15, 0.2) is 5.15 Å². The minimum atomic E-state index is -0.0747. The van der Waals surface area contributed by atoms with Gasteiger partial charge in [0.2, 0.25) is 0 Å². The number of aromatic nitrogens is 3. The van der Waals surface area contributed by atoms with E-state index in [1.165, 1.54) is 0 Å². The first-order chi connectivity index (χ1) is 17.4. The third-order valence-electron chi connectivity index (χ3n) is 6.08. The first kappa shape index (κ1) is 23.8. The Morgan fingerprint density at radius 3 is 2.86 bits per heavy atom. The third kappa shape index (κ3) is 4.38. The van der Waals surface area contributed by atoms with Crippen LogP contribution in [0, 0.1) is 0 Å². The van der Waals surface area contributed by atoms with E-state index in [-0.39, 0.29) is 6.04 Å². The summed E-state index contributed by atoms with van der Waals surface area (Å²) in [4.78, 5) is 21.1. The van der Waals surface area contributed by atoms with Crippen LogP contribution in [0.15, 0.2) is 70.1 Å². The maximum Gasteiger partial charge on any atom is 0.155 e. The fourth-order valence-electron chi connectivity index (χ4n) is 4.44. The second-order valence-corrected chi connectivity index (χ2v) is 9.17. The Labute approximate surface area is 218 Å². The van der Waals surface area contributed by atoms with Crippen LogP contribution in [0.4, 0.5) is 11.5 Å². The first-order valence-corrected chi connectivity index (χ1v) is 11.9. The Morgan fingerprint density at radius 2 is 2.11 bits per heavy atom. The number of nitrogens with zero attached hydrogens (tertiary/aromatic N) is 7. The summed E-state index contributed by atoms with van der Waals surface area (Å²) >= 11 is 12.8. The summed E-state index contributed by atoms with van der Waals surface area (Å²) < 4.78 is 0. The highest BCUT2D eigenvalue weighted by atomic mass is 35.5. The molecule has 2 aromatic heterocycles. The summed E-state index contributed by atoms with van der Waals surface area (Å²) in [6.07, 6.45) is 6.76. The smallest absolute Gasteiger partial charge is 0.155 e. The average molecular weight is 520 g/mol. The number of anilines is 2. The average Bonchev–Trinajstić information content (AvgIpc) is 3.46. The highest BCUT2D eigenvalue weighted by molar-refractivity contribution is 6.32. The zero-order valence-electron chi connectivity index (χ0n) is 19.5. The fraction of sp³-hybridized carbons (Fsp3) is 0.160. The van der Waals surface area contributed by atoms with Crippen LogP contribution in [0.25, 0.3) is 17.0 Å². The molecule has 5 rings (SSSR count). The van der Waals surface area contributed by atoms with Crippen LogP contribution in [-0.4, -0.2) is 45.8 Å². The van der Waals surface area contributed by atoms with Crippen molar-refractivity contribution in [1.29, 1.82) is 0 Å². The summed E-state index contributed by atoms with van der Waals surface area (Å²) in [5, 5.41) is 8.40. The maximum absolute atomic E-state index is 6.49. The molecule has 1 unspecified atom stereocenters. The summed E-state index contributed by atoms with van der Waals surface area (Å²) in [6, 6.07) is 9.13. The van der Waals surface area contributed by atoms with Crippen molar-refractivity contribution in [2.45, 2.75) is 18.9 Å². The van der Waals surface area contributed by atoms with Crippen LogP contribution >= 0.6 is 23.2 Å². The predicted molar refractivity (Wildman–Crippen MR) is 148 cm³/mol. The van der Waals surface area contributed by atoms with Gasteiger partial charge in [-0.2, -0.15) is 5.10 Å². The quantitative estimate of drug-likeness (QED) is 0.252. The van der Waals surface area contributed by atoms with Crippen molar-refractivity contribution in [2.75, 3.05) is 17.7 Å². The van der Waals surface area contributed by atoms with Gasteiger partial charge in [-0.1, -0.05) is 29.8 Å². The molecule has 182 valence electrons. The largest absolute Gasteiger partial charge is 0.384 e. The van der Waals surface area contributed by atoms with Crippen LogP contribution in [0.1, 0.15) is 30.3 Å². The number of nitrogens with one attached hydrogen (secondary N) is 1. The molecule has 1 atom stereocenters. The zero-order chi connectivity index (χ0) is 25.4. The van der Waals surface area contributed by atoms with Crippen molar-refractivity contribution in [1.82, 2.24) is 19.9 Å². The summed E-state index contributed by atoms with van der Waals surface area (Å²) in [6.45, 7) is 7.71. The summed E-state index contributed by atoms with van der Waals surface area (Å²) in [5.74, 6) is 2.09. The van der Waals surface area contributed by atoms with Crippen molar-refractivity contribution in [2.24, 2.45) is 15.2 Å². The van der Waals surface area contributed by atoms with Crippen LogP contribution in [0.5, 0.6) is 0 Å². The second-order valence-electron chi connectivity index (χ2n) is 8.38. The standard InChI is InChI=1S/C25H23Cl2N9/c1-14-10-18(17-11-16(26)5-6-19(17)35(3)13-31-29-2)32-22-9-7-20(36(14)22)25-33-23(24(27)34-25)15-4-8-21(28)30-12-15/h4-6,8,10-13,20H,1-2,7,9H2,3H3,(H2,28,30)(H,33,34)/b31-13-. The number of imidazole rings is 1. The normalized spacial score (nSPS) is 17.2. The molecule has 9 nitrogen and oxygen atoms in total. The number of H-pyrrole nitrogens is 1. The number of aliphatic imine (C=N–C) groups is 1. The van der Waals surface area contributed by atoms with Gasteiger partial charge in [0, 0.05) is 48.2 Å². The van der Waals surface area contributed by atoms with Crippen LogP contribution in [0.2, 0.25) is 10.2 Å². The van der Waals surface area contributed by atoms with E-state index >= 15 is 0 Å². The number of nitrogen functional groups attached to an aromatic ring is 1. The molecule has 2 aliphatic heterocycles. The molecule has 0 amide bonds. The fourth-order valence-corrected chi connectivity index (χ4v) is 4.85. The van der Waals surface area contributed by atoms with Gasteiger partial charge in [-0.3, -0.25) is 0 Å². The van der Waals surface area contributed by atoms with Gasteiger partial charge in [-0.25, -0.2) is 15.0 Å². The van der Waals surface area contributed by atoms with E-state index in [1.54, 1.807) is 18.6 Å². The van der Waals surface area contributed by atoms with Gasteiger partial charge in [-0.05, 0) is 42.8 Å². The molecule has 11 heteroatoms. The van der Waals surface area contributed by atoms with E-state index in [2.05, 4.69) is 43.4 Å².